The van der Waals surface area contributed by atoms with Crippen molar-refractivity contribution < 1.29 is 114 Å². The zero-order valence-corrected chi connectivity index (χ0v) is 45.7. The maximum atomic E-state index is 12.8. The van der Waals surface area contributed by atoms with Crippen LogP contribution in [0.1, 0.15) is 113 Å². The first-order valence-electron chi connectivity index (χ1n) is 28.3. The quantitative estimate of drug-likeness (QED) is 0.0710. The van der Waals surface area contributed by atoms with E-state index in [4.69, 9.17) is 37.9 Å². The Morgan fingerprint density at radius 2 is 1.05 bits per heavy atom. The van der Waals surface area contributed by atoms with Crippen molar-refractivity contribution in [3.8, 4) is 0 Å². The first-order chi connectivity index (χ1) is 36.1. The van der Waals surface area contributed by atoms with Crippen LogP contribution in [0.3, 0.4) is 0 Å². The van der Waals surface area contributed by atoms with Gasteiger partial charge in [-0.3, -0.25) is 0 Å². The minimum atomic E-state index is -1.86. The molecule has 2 unspecified atom stereocenters. The van der Waals surface area contributed by atoms with Crippen LogP contribution in [0.4, 0.5) is 0 Å². The van der Waals surface area contributed by atoms with Crippen molar-refractivity contribution >= 4 is 0 Å². The van der Waals surface area contributed by atoms with E-state index in [1.54, 1.807) is 0 Å². The number of rotatable bonds is 16. The standard InChI is InChI=1S/C54H92O23/c1-21(2)25(71-46-41(67)38(64)35(61)26(17-55)72-46)10-9-22(3)33-24(58)15-51(7)30-12-11-29-50(5,6)32(13-14-53(29)20-54(30,53)16-31(59)52(33,51)8)75-49-45(40(66)37(63)28(19-57)74-49)77-48-43(69)44(34(60)23(4)70-48)76-47-42(68)39(65)36(62)27(18-56)73-47/h21-49,55-69H,9-20H2,1-8H3/t22-,23+,24+,25?,26-,27-,28-,29+,30+,31?,32+,33+,34+,35-,36-,37-,38+,39+,40+,41-,42-,43-,44-,45-,46-,47+,48+,49+,51+,52-,53-,54+/m1/s1. The second kappa shape index (κ2) is 22.3. The van der Waals surface area contributed by atoms with E-state index in [2.05, 4.69) is 34.6 Å². The summed E-state index contributed by atoms with van der Waals surface area (Å²) in [5.41, 5.74) is -1.95. The van der Waals surface area contributed by atoms with Gasteiger partial charge in [0.15, 0.2) is 25.2 Å². The molecule has 0 aromatic carbocycles. The SMILES string of the molecule is CC(C)C(CC[C@@H](C)[C@H]1[C@@H](O)C[C@@]2(C)[C@@H]3CC[C@H]4C(C)(C)[C@@H](O[C@@H]5O[C@H](CO)[C@@H](O)[C@H](O)[C@H]5O[C@@H]5O[C@@H](C)[C@H](O)[C@@H](O[C@@H]6O[C@H](CO)[C@@H](O)[C@H](O)[C@H]6O)[C@H]5O)CC[C@@]45C[C@@]35CC(O)[C@]12C)O[C@@H]1O[C@H](CO)[C@@H](O)[C@H](O)[C@H]1O. The molecule has 0 aromatic heterocycles. The van der Waals surface area contributed by atoms with Gasteiger partial charge in [-0.2, -0.15) is 0 Å². The summed E-state index contributed by atoms with van der Waals surface area (Å²) in [6.45, 7) is 14.3. The van der Waals surface area contributed by atoms with Gasteiger partial charge in [0.1, 0.15) is 91.6 Å². The number of fused-ring (bicyclic) bond motifs is 2. The summed E-state index contributed by atoms with van der Waals surface area (Å²) in [6, 6.07) is 0. The summed E-state index contributed by atoms with van der Waals surface area (Å²) in [4.78, 5) is 0. The molecule has 77 heavy (non-hydrogen) atoms. The fraction of sp³-hybridized carbons (Fsp3) is 1.00. The number of aliphatic hydroxyl groups excluding tert-OH is 15. The third-order valence-corrected chi connectivity index (χ3v) is 21.9. The molecule has 9 aliphatic rings. The molecule has 446 valence electrons. The third-order valence-electron chi connectivity index (χ3n) is 21.9. The van der Waals surface area contributed by atoms with E-state index >= 15 is 0 Å². The molecule has 15 N–H and O–H groups in total. The number of aliphatic hydroxyl groups is 15. The van der Waals surface area contributed by atoms with E-state index in [0.717, 1.165) is 25.7 Å². The zero-order chi connectivity index (χ0) is 56.4. The van der Waals surface area contributed by atoms with Gasteiger partial charge in [-0.15, -0.1) is 0 Å². The Balaban J connectivity index is 0.888. The van der Waals surface area contributed by atoms with Gasteiger partial charge in [-0.05, 0) is 116 Å². The molecular weight excluding hydrogens is 1020 g/mol. The van der Waals surface area contributed by atoms with E-state index in [-0.39, 0.29) is 40.4 Å². The van der Waals surface area contributed by atoms with Crippen LogP contribution in [-0.4, -0.2) is 244 Å². The molecule has 9 fully saturated rings. The van der Waals surface area contributed by atoms with Crippen molar-refractivity contribution in [1.29, 1.82) is 0 Å². The molecule has 0 amide bonds. The normalized spacial score (nSPS) is 55.2. The molecule has 0 bridgehead atoms. The number of ether oxygens (including phenoxy) is 8. The lowest BCUT2D eigenvalue weighted by atomic mass is 9.41. The van der Waals surface area contributed by atoms with Crippen LogP contribution < -0.4 is 0 Å². The topological polar surface area (TPSA) is 377 Å². The Labute approximate surface area is 450 Å². The first kappa shape index (κ1) is 60.7. The molecule has 0 aromatic rings. The summed E-state index contributed by atoms with van der Waals surface area (Å²) in [6.07, 6.45) is -27.1. The molecule has 4 heterocycles. The van der Waals surface area contributed by atoms with Gasteiger partial charge in [0.2, 0.25) is 0 Å². The minimum absolute atomic E-state index is 0.0335. The van der Waals surface area contributed by atoms with Crippen molar-refractivity contribution in [3.05, 3.63) is 0 Å². The summed E-state index contributed by atoms with van der Waals surface area (Å²) < 4.78 is 48.4. The van der Waals surface area contributed by atoms with E-state index in [9.17, 15) is 76.6 Å². The van der Waals surface area contributed by atoms with Crippen molar-refractivity contribution in [2.24, 2.45) is 56.7 Å². The van der Waals surface area contributed by atoms with Gasteiger partial charge in [-0.1, -0.05) is 48.5 Å². The minimum Gasteiger partial charge on any atom is -0.394 e. The lowest BCUT2D eigenvalue weighted by Crippen LogP contribution is -2.66. The van der Waals surface area contributed by atoms with Crippen molar-refractivity contribution in [2.45, 2.75) is 260 Å². The lowest BCUT2D eigenvalue weighted by molar-refractivity contribution is -0.388. The fourth-order valence-electron chi connectivity index (χ4n) is 17.5. The third kappa shape index (κ3) is 9.72. The monoisotopic (exact) mass is 1110 g/mol. The highest BCUT2D eigenvalue weighted by atomic mass is 16.8. The van der Waals surface area contributed by atoms with Crippen LogP contribution in [0.15, 0.2) is 0 Å². The van der Waals surface area contributed by atoms with Gasteiger partial charge < -0.3 is 114 Å². The first-order valence-corrected chi connectivity index (χ1v) is 28.3. The smallest absolute Gasteiger partial charge is 0.187 e. The average Bonchev–Trinajstić information content (AvgIpc) is 3.60. The van der Waals surface area contributed by atoms with E-state index in [1.165, 1.54) is 6.92 Å². The molecule has 0 radical (unpaired) electrons. The van der Waals surface area contributed by atoms with Gasteiger partial charge in [0.05, 0.1) is 50.3 Å². The summed E-state index contributed by atoms with van der Waals surface area (Å²) in [5.74, 6) is -0.0138. The van der Waals surface area contributed by atoms with Crippen LogP contribution >= 0.6 is 0 Å². The van der Waals surface area contributed by atoms with Gasteiger partial charge in [0.25, 0.3) is 0 Å². The number of hydrogen-bond acceptors (Lipinski definition) is 23. The Bertz CT molecular complexity index is 2000. The molecule has 5 saturated carbocycles. The molecule has 5 aliphatic carbocycles. The largest absolute Gasteiger partial charge is 0.394 e. The highest BCUT2D eigenvalue weighted by molar-refractivity contribution is 5.32. The highest BCUT2D eigenvalue weighted by Gasteiger charge is 2.84. The van der Waals surface area contributed by atoms with Crippen LogP contribution in [0.2, 0.25) is 0 Å². The molecule has 4 aliphatic heterocycles. The molecule has 32 atom stereocenters. The van der Waals surface area contributed by atoms with Crippen molar-refractivity contribution in [1.82, 2.24) is 0 Å². The van der Waals surface area contributed by atoms with Crippen molar-refractivity contribution in [3.63, 3.8) is 0 Å². The molecule has 23 heteroatoms. The van der Waals surface area contributed by atoms with Crippen LogP contribution in [0, 0.1) is 56.7 Å². The van der Waals surface area contributed by atoms with E-state index in [0.29, 0.717) is 32.1 Å². The maximum absolute atomic E-state index is 12.8. The van der Waals surface area contributed by atoms with Crippen LogP contribution in [0.25, 0.3) is 0 Å². The molecule has 23 nitrogen and oxygen atoms in total. The number of hydrogen-bond donors (Lipinski definition) is 15. The summed E-state index contributed by atoms with van der Waals surface area (Å²) in [7, 11) is 0. The Morgan fingerprint density at radius 1 is 0.519 bits per heavy atom. The van der Waals surface area contributed by atoms with Crippen LogP contribution in [0.5, 0.6) is 0 Å². The molecule has 9 rings (SSSR count). The zero-order valence-electron chi connectivity index (χ0n) is 45.7. The molecular formula is C54H92O23. The summed E-state index contributed by atoms with van der Waals surface area (Å²) >= 11 is 0. The summed E-state index contributed by atoms with van der Waals surface area (Å²) in [5, 5.41) is 163. The fourth-order valence-corrected chi connectivity index (χ4v) is 17.5. The maximum Gasteiger partial charge on any atom is 0.187 e. The second-order valence-electron chi connectivity index (χ2n) is 26.3. The van der Waals surface area contributed by atoms with Gasteiger partial charge >= 0.3 is 0 Å². The predicted octanol–water partition coefficient (Wildman–Crippen LogP) is -2.51. The molecule has 4 saturated heterocycles. The lowest BCUT2D eigenvalue weighted by Gasteiger charge is -2.64. The van der Waals surface area contributed by atoms with Crippen LogP contribution in [-0.2, 0) is 37.9 Å². The van der Waals surface area contributed by atoms with E-state index in [1.807, 2.05) is 13.8 Å². The Kier molecular flexibility index (Phi) is 17.5. The second-order valence-corrected chi connectivity index (χ2v) is 26.3. The van der Waals surface area contributed by atoms with Gasteiger partial charge in [0, 0.05) is 5.41 Å². The molecule has 2 spiro atoms. The van der Waals surface area contributed by atoms with Gasteiger partial charge in [-0.25, -0.2) is 0 Å². The average molecular weight is 1110 g/mol. The highest BCUT2D eigenvalue weighted by Crippen LogP contribution is 2.89. The predicted molar refractivity (Wildman–Crippen MR) is 264 cm³/mol. The Morgan fingerprint density at radius 3 is 1.65 bits per heavy atom. The van der Waals surface area contributed by atoms with Crippen molar-refractivity contribution in [2.75, 3.05) is 19.8 Å². The van der Waals surface area contributed by atoms with E-state index < -0.39 is 183 Å². The Hall–Kier alpha value is -0.920.